The summed E-state index contributed by atoms with van der Waals surface area (Å²) < 4.78 is 0. The summed E-state index contributed by atoms with van der Waals surface area (Å²) >= 11 is 0. The molecular weight excluding hydrogens is 336 g/mol. The van der Waals surface area contributed by atoms with E-state index >= 15 is 0 Å². The second-order valence-corrected chi connectivity index (χ2v) is 9.72. The van der Waals surface area contributed by atoms with Crippen molar-refractivity contribution in [3.63, 3.8) is 0 Å². The molecule has 4 heteroatoms. The molecule has 4 nitrogen and oxygen atoms in total. The van der Waals surface area contributed by atoms with E-state index in [1.54, 1.807) is 0 Å². The van der Waals surface area contributed by atoms with Gasteiger partial charge < -0.3 is 0 Å². The van der Waals surface area contributed by atoms with E-state index in [0.717, 1.165) is 39.0 Å². The summed E-state index contributed by atoms with van der Waals surface area (Å²) in [6, 6.07) is 0.264. The van der Waals surface area contributed by atoms with Crippen molar-refractivity contribution < 1.29 is 9.59 Å². The lowest BCUT2D eigenvalue weighted by Crippen LogP contribution is -2.44. The molecule has 0 aromatic rings. The van der Waals surface area contributed by atoms with E-state index in [2.05, 4.69) is 30.6 Å². The maximum absolute atomic E-state index is 13.3. The summed E-state index contributed by atoms with van der Waals surface area (Å²) in [5.41, 5.74) is 0. The highest BCUT2D eigenvalue weighted by Crippen LogP contribution is 2.39. The lowest BCUT2D eigenvalue weighted by molar-refractivity contribution is -0.129. The van der Waals surface area contributed by atoms with Crippen molar-refractivity contribution in [3.05, 3.63) is 0 Å². The molecule has 0 radical (unpaired) electrons. The van der Waals surface area contributed by atoms with Gasteiger partial charge in [0.25, 0.3) is 0 Å². The minimum atomic E-state index is 0.0646. The van der Waals surface area contributed by atoms with Gasteiger partial charge in [0, 0.05) is 18.9 Å². The molecular formula is C23H40N2O2. The van der Waals surface area contributed by atoms with Crippen LogP contribution in [0.2, 0.25) is 0 Å². The normalized spacial score (nSPS) is 27.8. The maximum Gasteiger partial charge on any atom is 0.153 e. The van der Waals surface area contributed by atoms with Crippen molar-refractivity contribution in [1.82, 2.24) is 9.80 Å². The van der Waals surface area contributed by atoms with E-state index in [1.807, 2.05) is 6.92 Å². The molecule has 1 aliphatic carbocycles. The first-order valence-electron chi connectivity index (χ1n) is 11.5. The smallest absolute Gasteiger partial charge is 0.153 e. The number of hydrogen-bond donors (Lipinski definition) is 0. The lowest BCUT2D eigenvalue weighted by Gasteiger charge is -2.31. The summed E-state index contributed by atoms with van der Waals surface area (Å²) in [7, 11) is 0. The van der Waals surface area contributed by atoms with Crippen LogP contribution < -0.4 is 0 Å². The van der Waals surface area contributed by atoms with E-state index < -0.39 is 0 Å². The van der Waals surface area contributed by atoms with Crippen LogP contribution in [0.25, 0.3) is 0 Å². The minimum absolute atomic E-state index is 0.0646. The average molecular weight is 377 g/mol. The number of carbonyl (C=O) groups excluding carboxylic acids is 2. The third-order valence-electron chi connectivity index (χ3n) is 7.09. The van der Waals surface area contributed by atoms with Crippen LogP contribution in [0.3, 0.4) is 0 Å². The number of nitrogens with zero attached hydrogens (tertiary/aromatic N) is 2. The van der Waals surface area contributed by atoms with E-state index in [0.29, 0.717) is 35.7 Å². The fourth-order valence-electron chi connectivity index (χ4n) is 5.56. The highest BCUT2D eigenvalue weighted by molar-refractivity contribution is 5.86. The molecule has 2 saturated heterocycles. The van der Waals surface area contributed by atoms with Gasteiger partial charge in [0.15, 0.2) is 5.78 Å². The fourth-order valence-corrected chi connectivity index (χ4v) is 5.56. The molecule has 2 heterocycles. The Morgan fingerprint density at radius 1 is 0.963 bits per heavy atom. The Morgan fingerprint density at radius 3 is 2.19 bits per heavy atom. The predicted octanol–water partition coefficient (Wildman–Crippen LogP) is 3.78. The van der Waals surface area contributed by atoms with Gasteiger partial charge in [0.2, 0.25) is 0 Å². The van der Waals surface area contributed by atoms with Gasteiger partial charge in [-0.05, 0) is 75.9 Å². The minimum Gasteiger partial charge on any atom is -0.298 e. The highest BCUT2D eigenvalue weighted by Gasteiger charge is 2.43. The first-order valence-corrected chi connectivity index (χ1v) is 11.5. The van der Waals surface area contributed by atoms with E-state index in [4.69, 9.17) is 0 Å². The lowest BCUT2D eigenvalue weighted by atomic mass is 9.87. The molecule has 0 N–H and O–H groups in total. The van der Waals surface area contributed by atoms with Crippen molar-refractivity contribution in [2.75, 3.05) is 26.2 Å². The summed E-state index contributed by atoms with van der Waals surface area (Å²) in [5.74, 6) is 2.59. The molecule has 2 aliphatic heterocycles. The molecule has 3 fully saturated rings. The molecule has 0 aromatic heterocycles. The van der Waals surface area contributed by atoms with Gasteiger partial charge in [0.1, 0.15) is 5.78 Å². The van der Waals surface area contributed by atoms with E-state index in [1.165, 1.54) is 25.7 Å². The molecule has 3 aliphatic rings. The molecule has 27 heavy (non-hydrogen) atoms. The Bertz CT molecular complexity index is 522. The van der Waals surface area contributed by atoms with Crippen LogP contribution in [0, 0.1) is 23.7 Å². The van der Waals surface area contributed by atoms with E-state index in [-0.39, 0.29) is 18.0 Å². The van der Waals surface area contributed by atoms with Gasteiger partial charge >= 0.3 is 0 Å². The van der Waals surface area contributed by atoms with Crippen molar-refractivity contribution in [3.8, 4) is 0 Å². The first-order chi connectivity index (χ1) is 12.9. The second kappa shape index (κ2) is 9.17. The van der Waals surface area contributed by atoms with Gasteiger partial charge in [0.05, 0.1) is 12.1 Å². The second-order valence-electron chi connectivity index (χ2n) is 9.72. The Kier molecular flexibility index (Phi) is 7.13. The SMILES string of the molecule is CCC(=O)C(C(C)C)N1CCC(CC(C)C(=O)C(C2CC2)N2CCCC2)C1. The monoisotopic (exact) mass is 376 g/mol. The molecule has 0 amide bonds. The van der Waals surface area contributed by atoms with Crippen LogP contribution in [0.15, 0.2) is 0 Å². The molecule has 4 unspecified atom stereocenters. The standard InChI is InChI=1S/C23H40N2O2/c1-5-20(26)21(16(2)3)25-13-10-18(15-25)14-17(4)23(27)22(19-8-9-19)24-11-6-7-12-24/h16-19,21-22H,5-15H2,1-4H3. The predicted molar refractivity (Wildman–Crippen MR) is 110 cm³/mol. The summed E-state index contributed by atoms with van der Waals surface area (Å²) in [4.78, 5) is 30.5. The Balaban J connectivity index is 1.55. The molecule has 0 bridgehead atoms. The fraction of sp³-hybridized carbons (Fsp3) is 0.913. The topological polar surface area (TPSA) is 40.6 Å². The molecule has 0 spiro atoms. The number of hydrogen-bond acceptors (Lipinski definition) is 4. The molecule has 4 atom stereocenters. The zero-order valence-electron chi connectivity index (χ0n) is 18.0. The molecule has 154 valence electrons. The van der Waals surface area contributed by atoms with Gasteiger partial charge in [-0.15, -0.1) is 0 Å². The third-order valence-corrected chi connectivity index (χ3v) is 7.09. The molecule has 3 rings (SSSR count). The average Bonchev–Trinajstić information content (AvgIpc) is 3.12. The summed E-state index contributed by atoms with van der Waals surface area (Å²) in [6.07, 6.45) is 7.75. The van der Waals surface area contributed by atoms with Crippen molar-refractivity contribution in [2.24, 2.45) is 23.7 Å². The Morgan fingerprint density at radius 2 is 1.63 bits per heavy atom. The van der Waals surface area contributed by atoms with Gasteiger partial charge in [-0.25, -0.2) is 0 Å². The van der Waals surface area contributed by atoms with Crippen molar-refractivity contribution in [1.29, 1.82) is 0 Å². The Hall–Kier alpha value is -0.740. The Labute approximate surface area is 166 Å². The van der Waals surface area contributed by atoms with E-state index in [9.17, 15) is 9.59 Å². The largest absolute Gasteiger partial charge is 0.298 e. The summed E-state index contributed by atoms with van der Waals surface area (Å²) in [6.45, 7) is 12.7. The summed E-state index contributed by atoms with van der Waals surface area (Å²) in [5, 5.41) is 0. The van der Waals surface area contributed by atoms with Gasteiger partial charge in [-0.2, -0.15) is 0 Å². The van der Waals surface area contributed by atoms with Crippen molar-refractivity contribution in [2.45, 2.75) is 84.7 Å². The molecule has 0 aromatic carbocycles. The van der Waals surface area contributed by atoms with Crippen molar-refractivity contribution >= 4 is 11.6 Å². The van der Waals surface area contributed by atoms with Crippen LogP contribution in [-0.2, 0) is 9.59 Å². The van der Waals surface area contributed by atoms with Gasteiger partial charge in [-0.1, -0.05) is 27.7 Å². The first kappa shape index (κ1) is 21.0. The third kappa shape index (κ3) is 5.00. The number of carbonyl (C=O) groups is 2. The molecule has 1 saturated carbocycles. The van der Waals surface area contributed by atoms with Gasteiger partial charge in [-0.3, -0.25) is 19.4 Å². The van der Waals surface area contributed by atoms with Crippen LogP contribution in [0.5, 0.6) is 0 Å². The maximum atomic E-state index is 13.3. The zero-order valence-corrected chi connectivity index (χ0v) is 18.0. The van der Waals surface area contributed by atoms with Crippen LogP contribution in [0.4, 0.5) is 0 Å². The van der Waals surface area contributed by atoms with Crippen LogP contribution in [-0.4, -0.2) is 59.6 Å². The van der Waals surface area contributed by atoms with Crippen LogP contribution in [0.1, 0.15) is 72.6 Å². The number of likely N-dealkylation sites (tertiary alicyclic amines) is 2. The van der Waals surface area contributed by atoms with Crippen LogP contribution >= 0.6 is 0 Å². The highest BCUT2D eigenvalue weighted by atomic mass is 16.1. The number of ketones is 2. The zero-order chi connectivity index (χ0) is 19.6. The number of Topliss-reactive ketones (excluding diaryl/α,β-unsaturated/α-hetero) is 2. The number of rotatable bonds is 10. The quantitative estimate of drug-likeness (QED) is 0.582.